The van der Waals surface area contributed by atoms with Crippen LogP contribution in [0.3, 0.4) is 0 Å². The number of primary amides is 1. The molecule has 29 heavy (non-hydrogen) atoms. The number of carbonyl (C=O) groups is 2. The SMILES string of the molecule is CCCN(Cc1nnc(-c2ccco2)o1)[C@H](C)C(=O)Nc1ccc(C(N)=O)cc1. The molecule has 1 atom stereocenters. The summed E-state index contributed by atoms with van der Waals surface area (Å²) in [5.74, 6) is 0.495. The molecule has 1 aromatic carbocycles. The summed E-state index contributed by atoms with van der Waals surface area (Å²) in [6, 6.07) is 9.46. The number of furan rings is 1. The summed E-state index contributed by atoms with van der Waals surface area (Å²) in [4.78, 5) is 25.8. The summed E-state index contributed by atoms with van der Waals surface area (Å²) in [6.07, 6.45) is 2.38. The first-order chi connectivity index (χ1) is 14.0. The maximum Gasteiger partial charge on any atom is 0.283 e. The normalized spacial score (nSPS) is 12.1. The van der Waals surface area contributed by atoms with Gasteiger partial charge in [-0.15, -0.1) is 10.2 Å². The van der Waals surface area contributed by atoms with Gasteiger partial charge in [-0.05, 0) is 56.3 Å². The van der Waals surface area contributed by atoms with E-state index < -0.39 is 11.9 Å². The molecule has 0 bridgehead atoms. The van der Waals surface area contributed by atoms with Crippen LogP contribution in [0.4, 0.5) is 5.69 Å². The Bertz CT molecular complexity index is 950. The van der Waals surface area contributed by atoms with E-state index in [4.69, 9.17) is 14.6 Å². The molecular formula is C20H23N5O4. The number of nitrogens with one attached hydrogen (secondary N) is 1. The Morgan fingerprint density at radius 3 is 2.59 bits per heavy atom. The average Bonchev–Trinajstić information content (AvgIpc) is 3.39. The third-order valence-electron chi connectivity index (χ3n) is 4.41. The number of carbonyl (C=O) groups excluding carboxylic acids is 2. The molecule has 0 unspecified atom stereocenters. The highest BCUT2D eigenvalue weighted by Crippen LogP contribution is 2.19. The van der Waals surface area contributed by atoms with Crippen LogP contribution < -0.4 is 11.1 Å². The smallest absolute Gasteiger partial charge is 0.283 e. The van der Waals surface area contributed by atoms with Gasteiger partial charge in [-0.25, -0.2) is 0 Å². The van der Waals surface area contributed by atoms with E-state index in [9.17, 15) is 9.59 Å². The summed E-state index contributed by atoms with van der Waals surface area (Å²) in [5, 5.41) is 10.9. The Morgan fingerprint density at radius 2 is 1.97 bits per heavy atom. The summed E-state index contributed by atoms with van der Waals surface area (Å²) in [5.41, 5.74) is 6.20. The van der Waals surface area contributed by atoms with Crippen molar-refractivity contribution in [3.8, 4) is 11.7 Å². The fourth-order valence-corrected chi connectivity index (χ4v) is 2.82. The van der Waals surface area contributed by atoms with Crippen LogP contribution in [0, 0.1) is 0 Å². The fraction of sp³-hybridized carbons (Fsp3) is 0.300. The van der Waals surface area contributed by atoms with E-state index in [-0.39, 0.29) is 5.91 Å². The van der Waals surface area contributed by atoms with Crippen LogP contribution in [0.1, 0.15) is 36.5 Å². The molecule has 2 aromatic heterocycles. The number of amides is 2. The van der Waals surface area contributed by atoms with Crippen LogP contribution in [-0.4, -0.2) is 39.5 Å². The predicted octanol–water partition coefficient (Wildman–Crippen LogP) is 2.67. The standard InChI is InChI=1S/C20H23N5O4/c1-3-10-25(12-17-23-24-20(29-17)16-5-4-11-28-16)13(2)19(27)22-15-8-6-14(7-9-15)18(21)26/h4-9,11,13H,3,10,12H2,1-2H3,(H2,21,26)(H,22,27)/t13-/m1/s1. The molecule has 3 rings (SSSR count). The van der Waals surface area contributed by atoms with Gasteiger partial charge in [0.15, 0.2) is 5.76 Å². The van der Waals surface area contributed by atoms with Crippen LogP contribution in [0.5, 0.6) is 0 Å². The highest BCUT2D eigenvalue weighted by molar-refractivity contribution is 5.96. The summed E-state index contributed by atoms with van der Waals surface area (Å²) in [6.45, 7) is 4.85. The van der Waals surface area contributed by atoms with Gasteiger partial charge in [-0.1, -0.05) is 6.92 Å². The Labute approximate surface area is 167 Å². The second-order valence-electron chi connectivity index (χ2n) is 6.56. The molecule has 9 heteroatoms. The number of hydrogen-bond donors (Lipinski definition) is 2. The molecule has 0 aliphatic rings. The quantitative estimate of drug-likeness (QED) is 0.568. The second kappa shape index (κ2) is 9.16. The number of nitrogens with two attached hydrogens (primary N) is 1. The van der Waals surface area contributed by atoms with E-state index in [1.807, 2.05) is 18.7 Å². The molecular weight excluding hydrogens is 374 g/mol. The van der Waals surface area contributed by atoms with Gasteiger partial charge in [0, 0.05) is 11.3 Å². The van der Waals surface area contributed by atoms with Gasteiger partial charge in [-0.2, -0.15) is 0 Å². The van der Waals surface area contributed by atoms with Gasteiger partial charge in [0.25, 0.3) is 5.89 Å². The predicted molar refractivity (Wildman–Crippen MR) is 106 cm³/mol. The van der Waals surface area contributed by atoms with Crippen LogP contribution in [0.25, 0.3) is 11.7 Å². The number of hydrogen-bond acceptors (Lipinski definition) is 7. The minimum atomic E-state index is -0.515. The summed E-state index contributed by atoms with van der Waals surface area (Å²) in [7, 11) is 0. The molecule has 0 aliphatic heterocycles. The van der Waals surface area contributed by atoms with Crippen molar-refractivity contribution >= 4 is 17.5 Å². The fourth-order valence-electron chi connectivity index (χ4n) is 2.82. The monoisotopic (exact) mass is 397 g/mol. The number of benzene rings is 1. The van der Waals surface area contributed by atoms with Gasteiger partial charge < -0.3 is 19.9 Å². The molecule has 9 nitrogen and oxygen atoms in total. The maximum absolute atomic E-state index is 12.7. The van der Waals surface area contributed by atoms with Crippen molar-refractivity contribution in [3.05, 3.63) is 54.1 Å². The number of anilines is 1. The average molecular weight is 397 g/mol. The van der Waals surface area contributed by atoms with Crippen molar-refractivity contribution in [2.24, 2.45) is 5.73 Å². The molecule has 152 valence electrons. The second-order valence-corrected chi connectivity index (χ2v) is 6.56. The highest BCUT2D eigenvalue weighted by atomic mass is 16.4. The third-order valence-corrected chi connectivity index (χ3v) is 4.41. The van der Waals surface area contributed by atoms with Gasteiger partial charge in [0.2, 0.25) is 17.7 Å². The van der Waals surface area contributed by atoms with E-state index in [1.54, 1.807) is 36.4 Å². The lowest BCUT2D eigenvalue weighted by molar-refractivity contribution is -0.121. The van der Waals surface area contributed by atoms with Crippen LogP contribution in [0.2, 0.25) is 0 Å². The number of nitrogens with zero attached hydrogens (tertiary/aromatic N) is 3. The van der Waals surface area contributed by atoms with Gasteiger partial charge in [0.1, 0.15) is 0 Å². The third kappa shape index (κ3) is 5.08. The molecule has 0 saturated carbocycles. The summed E-state index contributed by atoms with van der Waals surface area (Å²) >= 11 is 0. The topological polar surface area (TPSA) is 127 Å². The largest absolute Gasteiger partial charge is 0.459 e. The van der Waals surface area contributed by atoms with E-state index in [0.717, 1.165) is 6.42 Å². The molecule has 0 aliphatic carbocycles. The first kappa shape index (κ1) is 20.3. The van der Waals surface area contributed by atoms with E-state index in [1.165, 1.54) is 6.26 Å². The van der Waals surface area contributed by atoms with Gasteiger partial charge in [-0.3, -0.25) is 14.5 Å². The van der Waals surface area contributed by atoms with Gasteiger partial charge >= 0.3 is 0 Å². The lowest BCUT2D eigenvalue weighted by Gasteiger charge is -2.26. The molecule has 0 fully saturated rings. The molecule has 2 amide bonds. The first-order valence-corrected chi connectivity index (χ1v) is 9.29. The number of rotatable bonds is 9. The van der Waals surface area contributed by atoms with Gasteiger partial charge in [0.05, 0.1) is 18.8 Å². The Kier molecular flexibility index (Phi) is 6.40. The number of aromatic nitrogens is 2. The Balaban J connectivity index is 1.65. The molecule has 3 aromatic rings. The Hall–Kier alpha value is -3.46. The molecule has 3 N–H and O–H groups in total. The van der Waals surface area contributed by atoms with Crippen LogP contribution in [0.15, 0.2) is 51.5 Å². The molecule has 0 saturated heterocycles. The van der Waals surface area contributed by atoms with E-state index in [0.29, 0.717) is 41.9 Å². The maximum atomic E-state index is 12.7. The van der Waals surface area contributed by atoms with Crippen molar-refractivity contribution in [1.29, 1.82) is 0 Å². The van der Waals surface area contributed by atoms with Crippen LogP contribution >= 0.6 is 0 Å². The molecule has 0 radical (unpaired) electrons. The molecule has 2 heterocycles. The minimum absolute atomic E-state index is 0.184. The van der Waals surface area contributed by atoms with Crippen molar-refractivity contribution < 1.29 is 18.4 Å². The highest BCUT2D eigenvalue weighted by Gasteiger charge is 2.23. The molecule has 0 spiro atoms. The summed E-state index contributed by atoms with van der Waals surface area (Å²) < 4.78 is 10.9. The lowest BCUT2D eigenvalue weighted by atomic mass is 10.2. The first-order valence-electron chi connectivity index (χ1n) is 9.29. The van der Waals surface area contributed by atoms with E-state index in [2.05, 4.69) is 15.5 Å². The van der Waals surface area contributed by atoms with Crippen molar-refractivity contribution in [1.82, 2.24) is 15.1 Å². The van der Waals surface area contributed by atoms with Crippen molar-refractivity contribution in [2.75, 3.05) is 11.9 Å². The zero-order valence-electron chi connectivity index (χ0n) is 16.3. The minimum Gasteiger partial charge on any atom is -0.459 e. The zero-order valence-corrected chi connectivity index (χ0v) is 16.3. The Morgan fingerprint density at radius 1 is 1.21 bits per heavy atom. The lowest BCUT2D eigenvalue weighted by Crippen LogP contribution is -2.42. The van der Waals surface area contributed by atoms with E-state index >= 15 is 0 Å². The van der Waals surface area contributed by atoms with Crippen LogP contribution in [-0.2, 0) is 11.3 Å². The van der Waals surface area contributed by atoms with Crippen molar-refractivity contribution in [3.63, 3.8) is 0 Å². The van der Waals surface area contributed by atoms with Crippen molar-refractivity contribution in [2.45, 2.75) is 32.9 Å². The zero-order chi connectivity index (χ0) is 20.8.